The molecule has 0 saturated heterocycles. The standard InChI is InChI=1S/C17H26N6O2/c1-6-15(19-17-20-16(18-12(2)24)21-23(17)5)25-14-9-7-8-13(10-14)11-22(3)4/h7-10,15H,6,11H2,1-5H3,(H2,18,19,20,21,24). The van der Waals surface area contributed by atoms with E-state index in [-0.39, 0.29) is 18.1 Å². The minimum atomic E-state index is -0.261. The molecule has 0 saturated carbocycles. The first-order chi connectivity index (χ1) is 11.9. The zero-order valence-electron chi connectivity index (χ0n) is 15.4. The molecule has 0 aliphatic heterocycles. The smallest absolute Gasteiger partial charge is 0.250 e. The molecule has 1 unspecified atom stereocenters. The number of nitrogens with one attached hydrogen (secondary N) is 2. The lowest BCUT2D eigenvalue weighted by atomic mass is 10.2. The number of rotatable bonds is 8. The van der Waals surface area contributed by atoms with Gasteiger partial charge in [0.05, 0.1) is 0 Å². The van der Waals surface area contributed by atoms with Gasteiger partial charge in [0, 0.05) is 26.9 Å². The average Bonchev–Trinajstić information content (AvgIpc) is 2.85. The van der Waals surface area contributed by atoms with Crippen molar-refractivity contribution >= 4 is 17.8 Å². The van der Waals surface area contributed by atoms with Gasteiger partial charge in [0.15, 0.2) is 6.23 Å². The number of hydrogen-bond donors (Lipinski definition) is 2. The first-order valence-corrected chi connectivity index (χ1v) is 8.23. The Kier molecular flexibility index (Phi) is 6.35. The number of aromatic nitrogens is 3. The summed E-state index contributed by atoms with van der Waals surface area (Å²) in [4.78, 5) is 17.5. The second-order valence-corrected chi connectivity index (χ2v) is 6.11. The van der Waals surface area contributed by atoms with Gasteiger partial charge in [-0.25, -0.2) is 4.68 Å². The average molecular weight is 346 g/mol. The molecule has 2 N–H and O–H groups in total. The van der Waals surface area contributed by atoms with Gasteiger partial charge < -0.3 is 15.0 Å². The lowest BCUT2D eigenvalue weighted by Gasteiger charge is -2.20. The summed E-state index contributed by atoms with van der Waals surface area (Å²) in [6.07, 6.45) is 0.475. The third-order valence-corrected chi connectivity index (χ3v) is 3.39. The van der Waals surface area contributed by atoms with Gasteiger partial charge in [0.2, 0.25) is 11.9 Å². The van der Waals surface area contributed by atoms with E-state index in [1.165, 1.54) is 12.5 Å². The summed E-state index contributed by atoms with van der Waals surface area (Å²) in [6, 6.07) is 8.02. The van der Waals surface area contributed by atoms with Crippen LogP contribution in [0.5, 0.6) is 5.75 Å². The molecule has 0 aliphatic rings. The number of amides is 1. The molecule has 136 valence electrons. The summed E-state index contributed by atoms with van der Waals surface area (Å²) in [5.74, 6) is 1.38. The van der Waals surface area contributed by atoms with Crippen LogP contribution in [0.25, 0.3) is 0 Å². The Morgan fingerprint density at radius 3 is 2.80 bits per heavy atom. The fourth-order valence-electron chi connectivity index (χ4n) is 2.33. The molecule has 1 aromatic heterocycles. The monoisotopic (exact) mass is 346 g/mol. The third-order valence-electron chi connectivity index (χ3n) is 3.39. The molecular formula is C17H26N6O2. The molecule has 2 rings (SSSR count). The van der Waals surface area contributed by atoms with Crippen molar-refractivity contribution in [3.8, 4) is 5.75 Å². The highest BCUT2D eigenvalue weighted by atomic mass is 16.5. The maximum Gasteiger partial charge on any atom is 0.250 e. The number of anilines is 2. The topological polar surface area (TPSA) is 84.3 Å². The van der Waals surface area contributed by atoms with Crippen LogP contribution in [0.2, 0.25) is 0 Å². The lowest BCUT2D eigenvalue weighted by Crippen LogP contribution is -2.27. The third kappa shape index (κ3) is 5.75. The van der Waals surface area contributed by atoms with Crippen molar-refractivity contribution in [2.75, 3.05) is 24.7 Å². The summed E-state index contributed by atoms with van der Waals surface area (Å²) < 4.78 is 7.61. The number of nitrogens with zero attached hydrogens (tertiary/aromatic N) is 4. The summed E-state index contributed by atoms with van der Waals surface area (Å²) in [7, 11) is 5.82. The molecule has 0 radical (unpaired) electrons. The highest BCUT2D eigenvalue weighted by Crippen LogP contribution is 2.18. The maximum atomic E-state index is 11.1. The van der Waals surface area contributed by atoms with Gasteiger partial charge >= 0.3 is 0 Å². The second kappa shape index (κ2) is 8.48. The number of hydrogen-bond acceptors (Lipinski definition) is 6. The molecule has 8 heteroatoms. The number of aryl methyl sites for hydroxylation is 1. The Hall–Kier alpha value is -2.61. The first kappa shape index (κ1) is 18.7. The SMILES string of the molecule is CCC(Nc1nc(NC(C)=O)nn1C)Oc1cccc(CN(C)C)c1. The Balaban J connectivity index is 2.05. The molecule has 1 aromatic carbocycles. The molecule has 0 spiro atoms. The molecule has 0 aliphatic carbocycles. The minimum absolute atomic E-state index is 0.210. The Bertz CT molecular complexity index is 713. The fourth-order valence-corrected chi connectivity index (χ4v) is 2.33. The van der Waals surface area contributed by atoms with Crippen molar-refractivity contribution in [1.29, 1.82) is 0 Å². The predicted molar refractivity (Wildman–Crippen MR) is 97.5 cm³/mol. The van der Waals surface area contributed by atoms with Gasteiger partial charge in [-0.05, 0) is 31.8 Å². The van der Waals surface area contributed by atoms with E-state index in [0.29, 0.717) is 5.95 Å². The fraction of sp³-hybridized carbons (Fsp3) is 0.471. The normalized spacial score (nSPS) is 12.1. The van der Waals surface area contributed by atoms with Crippen LogP contribution in [0.4, 0.5) is 11.9 Å². The van der Waals surface area contributed by atoms with Gasteiger partial charge in [0.1, 0.15) is 5.75 Å². The van der Waals surface area contributed by atoms with Crippen LogP contribution in [-0.2, 0) is 18.4 Å². The number of ether oxygens (including phenoxy) is 1. The zero-order valence-corrected chi connectivity index (χ0v) is 15.4. The van der Waals surface area contributed by atoms with Crippen molar-refractivity contribution in [2.24, 2.45) is 7.05 Å². The van der Waals surface area contributed by atoms with E-state index in [9.17, 15) is 4.79 Å². The van der Waals surface area contributed by atoms with Crippen LogP contribution >= 0.6 is 0 Å². The summed E-state index contributed by atoms with van der Waals surface area (Å²) >= 11 is 0. The predicted octanol–water partition coefficient (Wildman–Crippen LogP) is 2.06. The molecule has 0 bridgehead atoms. The van der Waals surface area contributed by atoms with Crippen molar-refractivity contribution in [2.45, 2.75) is 33.0 Å². The molecular weight excluding hydrogens is 320 g/mol. The van der Waals surface area contributed by atoms with Gasteiger partial charge in [-0.1, -0.05) is 19.1 Å². The zero-order chi connectivity index (χ0) is 18.4. The van der Waals surface area contributed by atoms with E-state index < -0.39 is 0 Å². The summed E-state index contributed by atoms with van der Waals surface area (Å²) in [5, 5.41) is 9.91. The highest BCUT2D eigenvalue weighted by Gasteiger charge is 2.14. The van der Waals surface area contributed by atoms with Gasteiger partial charge in [-0.2, -0.15) is 4.98 Å². The molecule has 25 heavy (non-hydrogen) atoms. The highest BCUT2D eigenvalue weighted by molar-refractivity contribution is 5.86. The summed E-state index contributed by atoms with van der Waals surface area (Å²) in [5.41, 5.74) is 1.18. The molecule has 1 atom stereocenters. The van der Waals surface area contributed by atoms with E-state index in [0.717, 1.165) is 18.7 Å². The maximum absolute atomic E-state index is 11.1. The number of carbonyl (C=O) groups is 1. The van der Waals surface area contributed by atoms with Crippen LogP contribution in [-0.4, -0.2) is 45.9 Å². The van der Waals surface area contributed by atoms with Crippen molar-refractivity contribution in [3.63, 3.8) is 0 Å². The van der Waals surface area contributed by atoms with Crippen LogP contribution < -0.4 is 15.4 Å². The number of carbonyl (C=O) groups excluding carboxylic acids is 1. The number of benzene rings is 1. The van der Waals surface area contributed by atoms with Crippen molar-refractivity contribution in [1.82, 2.24) is 19.7 Å². The van der Waals surface area contributed by atoms with Crippen LogP contribution in [0, 0.1) is 0 Å². The van der Waals surface area contributed by atoms with Crippen molar-refractivity contribution in [3.05, 3.63) is 29.8 Å². The van der Waals surface area contributed by atoms with Crippen molar-refractivity contribution < 1.29 is 9.53 Å². The Labute approximate surface area is 148 Å². The largest absolute Gasteiger partial charge is 0.471 e. The molecule has 8 nitrogen and oxygen atoms in total. The van der Waals surface area contributed by atoms with Crippen LogP contribution in [0.1, 0.15) is 25.8 Å². The second-order valence-electron chi connectivity index (χ2n) is 6.11. The van der Waals surface area contributed by atoms with Crippen LogP contribution in [0.3, 0.4) is 0 Å². The van der Waals surface area contributed by atoms with E-state index in [1.807, 2.05) is 39.2 Å². The van der Waals surface area contributed by atoms with Gasteiger partial charge in [-0.15, -0.1) is 5.10 Å². The molecule has 0 fully saturated rings. The van der Waals surface area contributed by atoms with Gasteiger partial charge in [0.25, 0.3) is 5.95 Å². The first-order valence-electron chi connectivity index (χ1n) is 8.23. The molecule has 1 heterocycles. The quantitative estimate of drug-likeness (QED) is 0.712. The van der Waals surface area contributed by atoms with Gasteiger partial charge in [-0.3, -0.25) is 10.1 Å². The van der Waals surface area contributed by atoms with E-state index >= 15 is 0 Å². The van der Waals surface area contributed by atoms with Crippen LogP contribution in [0.15, 0.2) is 24.3 Å². The van der Waals surface area contributed by atoms with E-state index in [1.54, 1.807) is 11.7 Å². The minimum Gasteiger partial charge on any atom is -0.471 e. The molecule has 2 aromatic rings. The molecule has 1 amide bonds. The Morgan fingerprint density at radius 2 is 2.16 bits per heavy atom. The lowest BCUT2D eigenvalue weighted by molar-refractivity contribution is -0.114. The summed E-state index contributed by atoms with van der Waals surface area (Å²) in [6.45, 7) is 4.29. The van der Waals surface area contributed by atoms with E-state index in [4.69, 9.17) is 4.74 Å². The Morgan fingerprint density at radius 1 is 1.40 bits per heavy atom. The van der Waals surface area contributed by atoms with E-state index in [2.05, 4.69) is 31.7 Å².